The van der Waals surface area contributed by atoms with Crippen molar-refractivity contribution in [3.05, 3.63) is 46.1 Å². The Kier molecular flexibility index (Phi) is 3.59. The van der Waals surface area contributed by atoms with Gasteiger partial charge in [0.1, 0.15) is 5.00 Å². The molecule has 2 aromatic heterocycles. The van der Waals surface area contributed by atoms with E-state index in [1.54, 1.807) is 11.4 Å². The fourth-order valence-corrected chi connectivity index (χ4v) is 2.29. The highest BCUT2D eigenvalue weighted by Crippen LogP contribution is 2.24. The highest BCUT2D eigenvalue weighted by Gasteiger charge is 2.15. The summed E-state index contributed by atoms with van der Waals surface area (Å²) in [5.41, 5.74) is 5.69. The monoisotopic (exact) mass is 281 g/mol. The van der Waals surface area contributed by atoms with Crippen LogP contribution in [0.15, 0.2) is 29.9 Å². The number of carbonyl (C=O) groups is 2. The van der Waals surface area contributed by atoms with Crippen molar-refractivity contribution in [3.63, 3.8) is 0 Å². The first kappa shape index (κ1) is 12.5. The van der Waals surface area contributed by atoms with Gasteiger partial charge in [-0.1, -0.05) is 11.6 Å². The summed E-state index contributed by atoms with van der Waals surface area (Å²) in [4.78, 5) is 26.9. The Hall–Kier alpha value is -1.92. The second-order valence-corrected chi connectivity index (χ2v) is 4.66. The van der Waals surface area contributed by atoms with Crippen molar-refractivity contribution in [2.45, 2.75) is 0 Å². The van der Waals surface area contributed by atoms with Gasteiger partial charge in [-0.2, -0.15) is 0 Å². The molecule has 0 radical (unpaired) electrons. The maximum absolute atomic E-state index is 11.9. The maximum Gasteiger partial charge on any atom is 0.259 e. The Bertz CT molecular complexity index is 612. The largest absolute Gasteiger partial charge is 0.366 e. The Balaban J connectivity index is 2.25. The first-order chi connectivity index (χ1) is 8.59. The van der Waals surface area contributed by atoms with E-state index in [4.69, 9.17) is 17.3 Å². The zero-order chi connectivity index (χ0) is 13.1. The summed E-state index contributed by atoms with van der Waals surface area (Å²) in [5.74, 6) is -1.03. The standard InChI is InChI=1S/C11H8ClN3O2S/c12-8-1-3-14-5-7(8)10(17)15-11-6(9(13)16)2-4-18-11/h1-5H,(H2,13,16)(H,15,17). The predicted molar refractivity (Wildman–Crippen MR) is 70.0 cm³/mol. The Labute approximate surface area is 112 Å². The van der Waals surface area contributed by atoms with E-state index in [0.29, 0.717) is 10.0 Å². The quantitative estimate of drug-likeness (QED) is 0.904. The lowest BCUT2D eigenvalue weighted by atomic mass is 10.2. The van der Waals surface area contributed by atoms with Crippen molar-refractivity contribution in [2.24, 2.45) is 5.73 Å². The molecule has 0 aliphatic carbocycles. The number of amides is 2. The molecule has 5 nitrogen and oxygen atoms in total. The van der Waals surface area contributed by atoms with E-state index in [0.717, 1.165) is 0 Å². The van der Waals surface area contributed by atoms with E-state index in [1.807, 2.05) is 0 Å². The molecule has 0 fully saturated rings. The second-order valence-electron chi connectivity index (χ2n) is 3.34. The molecule has 0 bridgehead atoms. The maximum atomic E-state index is 11.9. The highest BCUT2D eigenvalue weighted by atomic mass is 35.5. The molecule has 0 saturated carbocycles. The molecule has 2 heterocycles. The number of anilines is 1. The zero-order valence-corrected chi connectivity index (χ0v) is 10.6. The average molecular weight is 282 g/mol. The van der Waals surface area contributed by atoms with E-state index in [1.165, 1.54) is 29.8 Å². The third kappa shape index (κ3) is 2.49. The highest BCUT2D eigenvalue weighted by molar-refractivity contribution is 7.14. The summed E-state index contributed by atoms with van der Waals surface area (Å²) in [6.45, 7) is 0. The van der Waals surface area contributed by atoms with E-state index in [-0.39, 0.29) is 11.1 Å². The molecular formula is C11H8ClN3O2S. The molecule has 0 aromatic carbocycles. The van der Waals surface area contributed by atoms with Crippen molar-refractivity contribution in [1.82, 2.24) is 4.98 Å². The van der Waals surface area contributed by atoms with Crippen LogP contribution in [-0.4, -0.2) is 16.8 Å². The van der Waals surface area contributed by atoms with Crippen molar-refractivity contribution < 1.29 is 9.59 Å². The van der Waals surface area contributed by atoms with Crippen LogP contribution in [0, 0.1) is 0 Å². The van der Waals surface area contributed by atoms with Gasteiger partial charge in [0.25, 0.3) is 11.8 Å². The first-order valence-electron chi connectivity index (χ1n) is 4.87. The number of rotatable bonds is 3. The van der Waals surface area contributed by atoms with Gasteiger partial charge in [0.05, 0.1) is 16.1 Å². The van der Waals surface area contributed by atoms with Crippen LogP contribution < -0.4 is 11.1 Å². The number of nitrogens with two attached hydrogens (primary N) is 1. The molecule has 0 unspecified atom stereocenters. The lowest BCUT2D eigenvalue weighted by Gasteiger charge is -2.05. The SMILES string of the molecule is NC(=O)c1ccsc1NC(=O)c1cnccc1Cl. The van der Waals surface area contributed by atoms with E-state index in [9.17, 15) is 9.59 Å². The summed E-state index contributed by atoms with van der Waals surface area (Å²) in [5, 5.41) is 4.94. The Morgan fingerprint density at radius 3 is 2.78 bits per heavy atom. The summed E-state index contributed by atoms with van der Waals surface area (Å²) in [6, 6.07) is 3.06. The third-order valence-corrected chi connectivity index (χ3v) is 3.33. The predicted octanol–water partition coefficient (Wildman–Crippen LogP) is 2.15. The molecule has 92 valence electrons. The molecule has 2 rings (SSSR count). The molecule has 0 aliphatic heterocycles. The molecule has 18 heavy (non-hydrogen) atoms. The number of thiophene rings is 1. The lowest BCUT2D eigenvalue weighted by molar-refractivity contribution is 0.100. The van der Waals surface area contributed by atoms with Gasteiger partial charge in [0, 0.05) is 12.4 Å². The van der Waals surface area contributed by atoms with Gasteiger partial charge < -0.3 is 11.1 Å². The summed E-state index contributed by atoms with van der Waals surface area (Å²) >= 11 is 7.08. The van der Waals surface area contributed by atoms with Crippen LogP contribution in [0.4, 0.5) is 5.00 Å². The first-order valence-corrected chi connectivity index (χ1v) is 6.13. The van der Waals surface area contributed by atoms with Gasteiger partial charge in [0.15, 0.2) is 0 Å². The summed E-state index contributed by atoms with van der Waals surface area (Å²) in [7, 11) is 0. The van der Waals surface area contributed by atoms with Gasteiger partial charge >= 0.3 is 0 Å². The normalized spacial score (nSPS) is 10.1. The number of aromatic nitrogens is 1. The fourth-order valence-electron chi connectivity index (χ4n) is 1.32. The molecule has 7 heteroatoms. The van der Waals surface area contributed by atoms with Gasteiger partial charge in [-0.05, 0) is 17.5 Å². The average Bonchev–Trinajstić information content (AvgIpc) is 2.77. The second kappa shape index (κ2) is 5.16. The van der Waals surface area contributed by atoms with Crippen molar-refractivity contribution in [1.29, 1.82) is 0 Å². The van der Waals surface area contributed by atoms with Crippen LogP contribution in [0.5, 0.6) is 0 Å². The number of halogens is 1. The number of nitrogens with one attached hydrogen (secondary N) is 1. The number of carbonyl (C=O) groups excluding carboxylic acids is 2. The van der Waals surface area contributed by atoms with Crippen molar-refractivity contribution in [2.75, 3.05) is 5.32 Å². The molecule has 0 aliphatic rings. The number of pyridine rings is 1. The lowest BCUT2D eigenvalue weighted by Crippen LogP contribution is -2.16. The minimum atomic E-state index is -0.594. The number of nitrogens with zero attached hydrogens (tertiary/aromatic N) is 1. The minimum absolute atomic E-state index is 0.239. The van der Waals surface area contributed by atoms with Crippen LogP contribution in [0.3, 0.4) is 0 Å². The summed E-state index contributed by atoms with van der Waals surface area (Å²) < 4.78 is 0. The molecule has 0 spiro atoms. The Morgan fingerprint density at radius 1 is 1.33 bits per heavy atom. The molecule has 0 atom stereocenters. The minimum Gasteiger partial charge on any atom is -0.366 e. The molecular weight excluding hydrogens is 274 g/mol. The van der Waals surface area contributed by atoms with Crippen LogP contribution in [0.2, 0.25) is 5.02 Å². The molecule has 2 amide bonds. The fraction of sp³-hybridized carbons (Fsp3) is 0. The Morgan fingerprint density at radius 2 is 2.11 bits per heavy atom. The number of hydrogen-bond donors (Lipinski definition) is 2. The van der Waals surface area contributed by atoms with E-state index >= 15 is 0 Å². The van der Waals surface area contributed by atoms with Crippen LogP contribution in [-0.2, 0) is 0 Å². The van der Waals surface area contributed by atoms with Crippen molar-refractivity contribution in [3.8, 4) is 0 Å². The molecule has 0 saturated heterocycles. The van der Waals surface area contributed by atoms with Crippen molar-refractivity contribution >= 4 is 39.8 Å². The van der Waals surface area contributed by atoms with Crippen LogP contribution >= 0.6 is 22.9 Å². The number of hydrogen-bond acceptors (Lipinski definition) is 4. The topological polar surface area (TPSA) is 85.1 Å². The van der Waals surface area contributed by atoms with Gasteiger partial charge in [0.2, 0.25) is 0 Å². The smallest absolute Gasteiger partial charge is 0.259 e. The number of primary amides is 1. The molecule has 3 N–H and O–H groups in total. The van der Waals surface area contributed by atoms with Gasteiger partial charge in [-0.25, -0.2) is 0 Å². The van der Waals surface area contributed by atoms with Gasteiger partial charge in [-0.3, -0.25) is 14.6 Å². The summed E-state index contributed by atoms with van der Waals surface area (Å²) in [6.07, 6.45) is 2.84. The third-order valence-electron chi connectivity index (χ3n) is 2.17. The van der Waals surface area contributed by atoms with Crippen LogP contribution in [0.25, 0.3) is 0 Å². The van der Waals surface area contributed by atoms with E-state index < -0.39 is 11.8 Å². The van der Waals surface area contributed by atoms with E-state index in [2.05, 4.69) is 10.3 Å². The molecule has 2 aromatic rings. The van der Waals surface area contributed by atoms with Crippen LogP contribution in [0.1, 0.15) is 20.7 Å². The zero-order valence-electron chi connectivity index (χ0n) is 9.01. The van der Waals surface area contributed by atoms with Gasteiger partial charge in [-0.15, -0.1) is 11.3 Å².